The molecule has 100 valence electrons. The van der Waals surface area contributed by atoms with Crippen molar-refractivity contribution in [2.24, 2.45) is 0 Å². The summed E-state index contributed by atoms with van der Waals surface area (Å²) in [7, 11) is 1.72. The van der Waals surface area contributed by atoms with Gasteiger partial charge < -0.3 is 10.1 Å². The van der Waals surface area contributed by atoms with Crippen LogP contribution in [0.15, 0.2) is 46.9 Å². The van der Waals surface area contributed by atoms with E-state index >= 15 is 0 Å². The van der Waals surface area contributed by atoms with Crippen LogP contribution in [0.4, 0.5) is 5.69 Å². The molecule has 0 aliphatic heterocycles. The predicted molar refractivity (Wildman–Crippen MR) is 83.4 cm³/mol. The molecule has 2 aromatic rings. The largest absolute Gasteiger partial charge is 0.380 e. The lowest BCUT2D eigenvalue weighted by atomic mass is 10.1. The summed E-state index contributed by atoms with van der Waals surface area (Å²) in [5.41, 5.74) is 4.85. The Morgan fingerprint density at radius 1 is 1.11 bits per heavy atom. The van der Waals surface area contributed by atoms with Crippen molar-refractivity contribution in [3.05, 3.63) is 63.6 Å². The third-order valence-corrected chi connectivity index (χ3v) is 3.70. The van der Waals surface area contributed by atoms with Gasteiger partial charge in [-0.05, 0) is 51.7 Å². The molecule has 0 bridgehead atoms. The third-order valence-electron chi connectivity index (χ3n) is 3.01. The van der Waals surface area contributed by atoms with E-state index in [2.05, 4.69) is 64.6 Å². The molecular formula is C16H18BrNO. The van der Waals surface area contributed by atoms with E-state index in [9.17, 15) is 0 Å². The highest BCUT2D eigenvalue weighted by atomic mass is 79.9. The first-order valence-corrected chi connectivity index (χ1v) is 7.05. The van der Waals surface area contributed by atoms with Gasteiger partial charge in [-0.25, -0.2) is 0 Å². The molecule has 0 heterocycles. The second-order valence-corrected chi connectivity index (χ2v) is 5.39. The summed E-state index contributed by atoms with van der Waals surface area (Å²) in [6.07, 6.45) is 0. The maximum absolute atomic E-state index is 5.23. The van der Waals surface area contributed by atoms with Crippen LogP contribution in [0.1, 0.15) is 16.7 Å². The van der Waals surface area contributed by atoms with Gasteiger partial charge in [-0.15, -0.1) is 0 Å². The molecule has 0 spiro atoms. The van der Waals surface area contributed by atoms with E-state index in [1.807, 2.05) is 6.07 Å². The highest BCUT2D eigenvalue weighted by Crippen LogP contribution is 2.24. The summed E-state index contributed by atoms with van der Waals surface area (Å²) in [6.45, 7) is 3.53. The van der Waals surface area contributed by atoms with Crippen LogP contribution in [-0.2, 0) is 17.9 Å². The van der Waals surface area contributed by atoms with Gasteiger partial charge >= 0.3 is 0 Å². The summed E-state index contributed by atoms with van der Waals surface area (Å²) in [4.78, 5) is 0. The first-order chi connectivity index (χ1) is 9.20. The minimum Gasteiger partial charge on any atom is -0.380 e. The molecule has 0 atom stereocenters. The average Bonchev–Trinajstić information content (AvgIpc) is 2.42. The Hall–Kier alpha value is -1.32. The van der Waals surface area contributed by atoms with Crippen LogP contribution in [0.25, 0.3) is 0 Å². The lowest BCUT2D eigenvalue weighted by Gasteiger charge is -2.12. The quantitative estimate of drug-likeness (QED) is 0.875. The van der Waals surface area contributed by atoms with E-state index in [-0.39, 0.29) is 0 Å². The summed E-state index contributed by atoms with van der Waals surface area (Å²) >= 11 is 3.57. The number of benzene rings is 2. The molecule has 0 aromatic heterocycles. The second-order valence-electron chi connectivity index (χ2n) is 4.54. The van der Waals surface area contributed by atoms with Crippen LogP contribution in [0, 0.1) is 6.92 Å². The number of hydrogen-bond acceptors (Lipinski definition) is 2. The Morgan fingerprint density at radius 2 is 1.84 bits per heavy atom. The molecule has 0 unspecified atom stereocenters. The second kappa shape index (κ2) is 6.73. The lowest BCUT2D eigenvalue weighted by molar-refractivity contribution is 0.184. The predicted octanol–water partition coefficient (Wildman–Crippen LogP) is 4.52. The first kappa shape index (κ1) is 14.1. The van der Waals surface area contributed by atoms with Gasteiger partial charge in [-0.1, -0.05) is 30.3 Å². The minimum atomic E-state index is 0.646. The van der Waals surface area contributed by atoms with Crippen molar-refractivity contribution in [2.45, 2.75) is 20.1 Å². The van der Waals surface area contributed by atoms with Gasteiger partial charge in [-0.2, -0.15) is 0 Å². The van der Waals surface area contributed by atoms with Gasteiger partial charge in [0, 0.05) is 23.8 Å². The van der Waals surface area contributed by atoms with Crippen LogP contribution in [0.2, 0.25) is 0 Å². The molecule has 0 saturated carbocycles. The SMILES string of the molecule is COCc1ccccc1CNc1cc(C)ccc1Br. The van der Waals surface area contributed by atoms with Crippen molar-refractivity contribution in [1.29, 1.82) is 0 Å². The molecule has 3 heteroatoms. The third kappa shape index (κ3) is 3.82. The Balaban J connectivity index is 2.12. The molecule has 2 rings (SSSR count). The molecule has 0 aliphatic carbocycles. The van der Waals surface area contributed by atoms with Crippen molar-refractivity contribution < 1.29 is 4.74 Å². The standard InChI is InChI=1S/C16H18BrNO/c1-12-7-8-15(17)16(9-12)18-10-13-5-3-4-6-14(13)11-19-2/h3-9,18H,10-11H2,1-2H3. The van der Waals surface area contributed by atoms with E-state index < -0.39 is 0 Å². The van der Waals surface area contributed by atoms with Gasteiger partial charge in [0.15, 0.2) is 0 Å². The van der Waals surface area contributed by atoms with Crippen LogP contribution >= 0.6 is 15.9 Å². The Bertz CT molecular complexity index is 554. The van der Waals surface area contributed by atoms with Crippen molar-refractivity contribution in [2.75, 3.05) is 12.4 Å². The van der Waals surface area contributed by atoms with E-state index in [1.165, 1.54) is 16.7 Å². The zero-order valence-electron chi connectivity index (χ0n) is 11.2. The molecule has 0 radical (unpaired) electrons. The number of nitrogens with one attached hydrogen (secondary N) is 1. The van der Waals surface area contributed by atoms with Gasteiger partial charge in [0.2, 0.25) is 0 Å². The molecular weight excluding hydrogens is 302 g/mol. The van der Waals surface area contributed by atoms with Crippen molar-refractivity contribution in [3.63, 3.8) is 0 Å². The highest BCUT2D eigenvalue weighted by molar-refractivity contribution is 9.10. The minimum absolute atomic E-state index is 0.646. The zero-order chi connectivity index (χ0) is 13.7. The van der Waals surface area contributed by atoms with Gasteiger partial charge in [0.05, 0.1) is 6.61 Å². The molecule has 19 heavy (non-hydrogen) atoms. The van der Waals surface area contributed by atoms with Crippen molar-refractivity contribution >= 4 is 21.6 Å². The maximum Gasteiger partial charge on any atom is 0.0716 e. The summed E-state index contributed by atoms with van der Waals surface area (Å²) in [5, 5.41) is 3.47. The van der Waals surface area contributed by atoms with Crippen molar-refractivity contribution in [1.82, 2.24) is 0 Å². The molecule has 0 saturated heterocycles. The molecule has 0 amide bonds. The molecule has 1 N–H and O–H groups in total. The molecule has 2 nitrogen and oxygen atoms in total. The van der Waals surface area contributed by atoms with Crippen LogP contribution in [-0.4, -0.2) is 7.11 Å². The van der Waals surface area contributed by atoms with Gasteiger partial charge in [0.25, 0.3) is 0 Å². The van der Waals surface area contributed by atoms with E-state index in [0.29, 0.717) is 6.61 Å². The number of rotatable bonds is 5. The summed E-state index contributed by atoms with van der Waals surface area (Å²) in [6, 6.07) is 14.6. The first-order valence-electron chi connectivity index (χ1n) is 6.26. The summed E-state index contributed by atoms with van der Waals surface area (Å²) in [5.74, 6) is 0. The number of halogens is 1. The monoisotopic (exact) mass is 319 g/mol. The topological polar surface area (TPSA) is 21.3 Å². The number of methoxy groups -OCH3 is 1. The van der Waals surface area contributed by atoms with E-state index in [4.69, 9.17) is 4.74 Å². The highest BCUT2D eigenvalue weighted by Gasteiger charge is 2.03. The maximum atomic E-state index is 5.23. The Labute approximate surface area is 122 Å². The fourth-order valence-electron chi connectivity index (χ4n) is 1.99. The molecule has 0 fully saturated rings. The van der Waals surface area contributed by atoms with Crippen LogP contribution in [0.3, 0.4) is 0 Å². The Kier molecular flexibility index (Phi) is 5.00. The van der Waals surface area contributed by atoms with Gasteiger partial charge in [0.1, 0.15) is 0 Å². The van der Waals surface area contributed by atoms with E-state index in [0.717, 1.165) is 16.7 Å². The fraction of sp³-hybridized carbons (Fsp3) is 0.250. The average molecular weight is 320 g/mol. The van der Waals surface area contributed by atoms with Crippen LogP contribution < -0.4 is 5.32 Å². The number of ether oxygens (including phenoxy) is 1. The summed E-state index contributed by atoms with van der Waals surface area (Å²) < 4.78 is 6.31. The fourth-order valence-corrected chi connectivity index (χ4v) is 2.38. The van der Waals surface area contributed by atoms with E-state index in [1.54, 1.807) is 7.11 Å². The smallest absolute Gasteiger partial charge is 0.0716 e. The molecule has 2 aromatic carbocycles. The molecule has 0 aliphatic rings. The lowest BCUT2D eigenvalue weighted by Crippen LogP contribution is -2.04. The number of aryl methyl sites for hydroxylation is 1. The van der Waals surface area contributed by atoms with Crippen LogP contribution in [0.5, 0.6) is 0 Å². The van der Waals surface area contributed by atoms with Crippen molar-refractivity contribution in [3.8, 4) is 0 Å². The number of anilines is 1. The normalized spacial score (nSPS) is 10.5. The van der Waals surface area contributed by atoms with Gasteiger partial charge in [-0.3, -0.25) is 0 Å². The zero-order valence-corrected chi connectivity index (χ0v) is 12.8. The number of hydrogen-bond donors (Lipinski definition) is 1. The Morgan fingerprint density at radius 3 is 2.58 bits per heavy atom.